The Labute approximate surface area is 68.0 Å². The first kappa shape index (κ1) is 7.56. The highest BCUT2D eigenvalue weighted by Gasteiger charge is 2.27. The van der Waals surface area contributed by atoms with Crippen LogP contribution in [0.1, 0.15) is 25.7 Å². The summed E-state index contributed by atoms with van der Waals surface area (Å²) in [7, 11) is 0. The molecule has 2 heteroatoms. The lowest BCUT2D eigenvalue weighted by molar-refractivity contribution is 0.0430. The van der Waals surface area contributed by atoms with Gasteiger partial charge in [0.25, 0.3) is 0 Å². The summed E-state index contributed by atoms with van der Waals surface area (Å²) in [6.07, 6.45) is 4.93. The van der Waals surface area contributed by atoms with Crippen molar-refractivity contribution in [2.45, 2.75) is 31.8 Å². The third kappa shape index (κ3) is 2.17. The molecule has 2 aliphatic carbocycles. The Morgan fingerprint density at radius 2 is 1.73 bits per heavy atom. The average molecular weight is 155 g/mol. The van der Waals surface area contributed by atoms with Crippen LogP contribution in [-0.4, -0.2) is 24.3 Å². The van der Waals surface area contributed by atoms with Crippen molar-refractivity contribution < 1.29 is 5.11 Å². The summed E-state index contributed by atoms with van der Waals surface area (Å²) in [6.45, 7) is 2.35. The van der Waals surface area contributed by atoms with Crippen LogP contribution < -0.4 is 5.32 Å². The van der Waals surface area contributed by atoms with E-state index in [2.05, 4.69) is 5.32 Å². The van der Waals surface area contributed by atoms with Gasteiger partial charge in [0.05, 0.1) is 6.10 Å². The van der Waals surface area contributed by atoms with Gasteiger partial charge in [-0.1, -0.05) is 0 Å². The van der Waals surface area contributed by atoms with Gasteiger partial charge in [0, 0.05) is 0 Å². The van der Waals surface area contributed by atoms with E-state index in [4.69, 9.17) is 5.11 Å². The zero-order valence-electron chi connectivity index (χ0n) is 6.92. The summed E-state index contributed by atoms with van der Waals surface area (Å²) in [6, 6.07) is 0. The molecule has 2 rings (SSSR count). The van der Waals surface area contributed by atoms with Crippen molar-refractivity contribution in [3.63, 3.8) is 0 Å². The minimum atomic E-state index is 0.0164. The second-order valence-corrected chi connectivity index (χ2v) is 4.09. The van der Waals surface area contributed by atoms with E-state index in [-0.39, 0.29) is 6.10 Å². The van der Waals surface area contributed by atoms with Crippen molar-refractivity contribution >= 4 is 0 Å². The lowest BCUT2D eigenvalue weighted by atomic mass is 9.82. The Kier molecular flexibility index (Phi) is 2.14. The molecule has 64 valence electrons. The van der Waals surface area contributed by atoms with Gasteiger partial charge in [-0.15, -0.1) is 0 Å². The van der Waals surface area contributed by atoms with Gasteiger partial charge in [0.1, 0.15) is 0 Å². The van der Waals surface area contributed by atoms with Gasteiger partial charge < -0.3 is 10.4 Å². The molecule has 0 radical (unpaired) electrons. The zero-order valence-corrected chi connectivity index (χ0v) is 6.92. The molecule has 2 N–H and O–H groups in total. The van der Waals surface area contributed by atoms with Crippen molar-refractivity contribution in [2.75, 3.05) is 13.1 Å². The predicted octanol–water partition coefficient (Wildman–Crippen LogP) is 0.757. The van der Waals surface area contributed by atoms with Gasteiger partial charge >= 0.3 is 0 Å². The van der Waals surface area contributed by atoms with Crippen LogP contribution >= 0.6 is 0 Å². The number of hydrogen-bond donors (Lipinski definition) is 2. The first-order valence-corrected chi connectivity index (χ1v) is 4.73. The first-order chi connectivity index (χ1) is 5.34. The first-order valence-electron chi connectivity index (χ1n) is 4.73. The quantitative estimate of drug-likeness (QED) is 0.628. The van der Waals surface area contributed by atoms with Crippen LogP contribution in [0.3, 0.4) is 0 Å². The van der Waals surface area contributed by atoms with Gasteiger partial charge in [0.15, 0.2) is 0 Å². The summed E-state index contributed by atoms with van der Waals surface area (Å²) in [4.78, 5) is 0. The minimum absolute atomic E-state index is 0.0164. The van der Waals surface area contributed by atoms with Crippen LogP contribution in [0.15, 0.2) is 0 Å². The molecule has 0 heterocycles. The Morgan fingerprint density at radius 1 is 1.09 bits per heavy atom. The third-order valence-corrected chi connectivity index (χ3v) is 2.77. The van der Waals surface area contributed by atoms with E-state index in [9.17, 15) is 0 Å². The van der Waals surface area contributed by atoms with Gasteiger partial charge in [-0.3, -0.25) is 0 Å². The van der Waals surface area contributed by atoms with Gasteiger partial charge in [-0.05, 0) is 50.6 Å². The van der Waals surface area contributed by atoms with E-state index >= 15 is 0 Å². The van der Waals surface area contributed by atoms with E-state index in [0.29, 0.717) is 0 Å². The maximum atomic E-state index is 9.01. The fourth-order valence-electron chi connectivity index (χ4n) is 1.68. The fraction of sp³-hybridized carbons (Fsp3) is 1.00. The largest absolute Gasteiger partial charge is 0.393 e. The second-order valence-electron chi connectivity index (χ2n) is 4.09. The number of hydrogen-bond acceptors (Lipinski definition) is 2. The van der Waals surface area contributed by atoms with E-state index in [1.165, 1.54) is 19.4 Å². The zero-order chi connectivity index (χ0) is 7.68. The number of aliphatic hydroxyl groups excluding tert-OH is 1. The van der Waals surface area contributed by atoms with Gasteiger partial charge in [-0.2, -0.15) is 0 Å². The lowest BCUT2D eigenvalue weighted by Crippen LogP contribution is -2.36. The Balaban J connectivity index is 1.47. The molecule has 0 atom stereocenters. The summed E-state index contributed by atoms with van der Waals surface area (Å²) >= 11 is 0. The summed E-state index contributed by atoms with van der Waals surface area (Å²) in [5.74, 6) is 1.75. The number of aliphatic hydroxyl groups is 1. The maximum Gasteiger partial charge on any atom is 0.0546 e. The van der Waals surface area contributed by atoms with Gasteiger partial charge in [-0.25, -0.2) is 0 Å². The van der Waals surface area contributed by atoms with Crippen LogP contribution in [0, 0.1) is 11.8 Å². The highest BCUT2D eigenvalue weighted by atomic mass is 16.3. The predicted molar refractivity (Wildman–Crippen MR) is 44.3 cm³/mol. The van der Waals surface area contributed by atoms with E-state index in [1.54, 1.807) is 0 Å². The average Bonchev–Trinajstić information content (AvgIpc) is 2.67. The summed E-state index contributed by atoms with van der Waals surface area (Å²) < 4.78 is 0. The highest BCUT2D eigenvalue weighted by Crippen LogP contribution is 2.29. The third-order valence-electron chi connectivity index (χ3n) is 2.77. The van der Waals surface area contributed by atoms with Crippen LogP contribution in [0.4, 0.5) is 0 Å². The highest BCUT2D eigenvalue weighted by molar-refractivity contribution is 4.82. The van der Waals surface area contributed by atoms with Crippen molar-refractivity contribution in [1.82, 2.24) is 5.32 Å². The molecule has 0 aliphatic heterocycles. The summed E-state index contributed by atoms with van der Waals surface area (Å²) in [5, 5.41) is 12.5. The summed E-state index contributed by atoms with van der Waals surface area (Å²) in [5.41, 5.74) is 0. The van der Waals surface area contributed by atoms with Crippen LogP contribution in [-0.2, 0) is 0 Å². The minimum Gasteiger partial charge on any atom is -0.393 e. The molecule has 0 aromatic carbocycles. The molecule has 2 fully saturated rings. The molecule has 2 saturated carbocycles. The molecule has 2 nitrogen and oxygen atoms in total. The topological polar surface area (TPSA) is 32.3 Å². The normalized spacial score (nSPS) is 36.8. The van der Waals surface area contributed by atoms with Crippen LogP contribution in [0.5, 0.6) is 0 Å². The van der Waals surface area contributed by atoms with Crippen LogP contribution in [0.25, 0.3) is 0 Å². The van der Waals surface area contributed by atoms with Crippen molar-refractivity contribution in [2.24, 2.45) is 11.8 Å². The number of nitrogens with one attached hydrogen (secondary N) is 1. The monoisotopic (exact) mass is 155 g/mol. The molecule has 0 amide bonds. The second kappa shape index (κ2) is 3.11. The SMILES string of the molecule is OC1CC(CNCC2CC2)C1. The number of rotatable bonds is 4. The van der Waals surface area contributed by atoms with E-state index in [1.807, 2.05) is 0 Å². The Morgan fingerprint density at radius 3 is 2.27 bits per heavy atom. The van der Waals surface area contributed by atoms with Crippen molar-refractivity contribution in [3.8, 4) is 0 Å². The van der Waals surface area contributed by atoms with E-state index in [0.717, 1.165) is 31.2 Å². The molecule has 2 aliphatic rings. The molecule has 11 heavy (non-hydrogen) atoms. The standard InChI is InChI=1S/C9H17NO/c11-9-3-8(4-9)6-10-5-7-1-2-7/h7-11H,1-6H2. The maximum absolute atomic E-state index is 9.01. The molecule has 0 spiro atoms. The van der Waals surface area contributed by atoms with Crippen molar-refractivity contribution in [1.29, 1.82) is 0 Å². The molecule has 0 aromatic heterocycles. The molecular weight excluding hydrogens is 138 g/mol. The fourth-order valence-corrected chi connectivity index (χ4v) is 1.68. The molecule has 0 bridgehead atoms. The molecule has 0 saturated heterocycles. The smallest absolute Gasteiger partial charge is 0.0546 e. The van der Waals surface area contributed by atoms with Crippen molar-refractivity contribution in [3.05, 3.63) is 0 Å². The Hall–Kier alpha value is -0.0800. The Bertz CT molecular complexity index is 128. The molecular formula is C9H17NO. The van der Waals surface area contributed by atoms with Gasteiger partial charge in [0.2, 0.25) is 0 Å². The van der Waals surface area contributed by atoms with Crippen LogP contribution in [0.2, 0.25) is 0 Å². The molecule has 0 aromatic rings. The van der Waals surface area contributed by atoms with E-state index < -0.39 is 0 Å². The lowest BCUT2D eigenvalue weighted by Gasteiger charge is -2.31. The molecule has 0 unspecified atom stereocenters.